The first kappa shape index (κ1) is 14.4. The Hall–Kier alpha value is -0.710. The van der Waals surface area contributed by atoms with Crippen molar-refractivity contribution in [1.82, 2.24) is 0 Å². The van der Waals surface area contributed by atoms with Crippen LogP contribution in [0.3, 0.4) is 0 Å². The van der Waals surface area contributed by atoms with Gasteiger partial charge in [-0.2, -0.15) is 0 Å². The minimum absolute atomic E-state index is 0.412. The van der Waals surface area contributed by atoms with Crippen LogP contribution in [-0.2, 0) is 4.74 Å². The lowest BCUT2D eigenvalue weighted by molar-refractivity contribution is 0.0473. The first-order chi connectivity index (χ1) is 8.22. The number of rotatable bonds is 8. The number of anilines is 1. The summed E-state index contributed by atoms with van der Waals surface area (Å²) in [6.07, 6.45) is 1.75. The number of benzene rings is 1. The third kappa shape index (κ3) is 6.56. The van der Waals surface area contributed by atoms with Gasteiger partial charge in [0.15, 0.2) is 0 Å². The van der Waals surface area contributed by atoms with E-state index >= 15 is 0 Å². The molecule has 1 unspecified atom stereocenters. The molecule has 0 bridgehead atoms. The Bertz CT molecular complexity index is 320. The average Bonchev–Trinajstić information content (AvgIpc) is 2.32. The van der Waals surface area contributed by atoms with Gasteiger partial charge < -0.3 is 15.6 Å². The Labute approximate surface area is 107 Å². The van der Waals surface area contributed by atoms with E-state index < -0.39 is 6.10 Å². The number of unbranched alkanes of at least 4 members (excludes halogenated alkanes) is 1. The molecule has 0 aliphatic rings. The molecule has 1 aromatic carbocycles. The maximum absolute atomic E-state index is 9.70. The molecule has 4 heteroatoms. The van der Waals surface area contributed by atoms with Gasteiger partial charge in [0, 0.05) is 22.9 Å². The fourth-order valence-electron chi connectivity index (χ4n) is 1.31. The third-order valence-electron chi connectivity index (χ3n) is 2.25. The van der Waals surface area contributed by atoms with Gasteiger partial charge in [-0.3, -0.25) is 0 Å². The monoisotopic (exact) mass is 255 g/mol. The molecule has 0 heterocycles. The van der Waals surface area contributed by atoms with Crippen molar-refractivity contribution in [3.63, 3.8) is 0 Å². The van der Waals surface area contributed by atoms with Crippen LogP contribution in [0, 0.1) is 0 Å². The quantitative estimate of drug-likeness (QED) is 0.426. The normalized spacial score (nSPS) is 12.6. The molecule has 0 fully saturated rings. The van der Waals surface area contributed by atoms with Crippen LogP contribution in [0.25, 0.3) is 0 Å². The molecule has 0 spiro atoms. The Morgan fingerprint density at radius 3 is 3.00 bits per heavy atom. The second-order valence-corrected chi connectivity index (χ2v) is 5.06. The molecule has 0 saturated carbocycles. The molecule has 0 aliphatic heterocycles. The highest BCUT2D eigenvalue weighted by Crippen LogP contribution is 2.20. The fraction of sp³-hybridized carbons (Fsp3) is 0.538. The van der Waals surface area contributed by atoms with Crippen LogP contribution in [0.15, 0.2) is 29.2 Å². The summed E-state index contributed by atoms with van der Waals surface area (Å²) in [5.74, 6) is 0.635. The van der Waals surface area contributed by atoms with E-state index in [4.69, 9.17) is 10.5 Å². The van der Waals surface area contributed by atoms with Crippen molar-refractivity contribution in [2.24, 2.45) is 0 Å². The minimum atomic E-state index is -0.418. The van der Waals surface area contributed by atoms with E-state index in [1.165, 1.54) is 0 Å². The summed E-state index contributed by atoms with van der Waals surface area (Å²) < 4.78 is 5.36. The number of aliphatic hydroxyl groups excluding tert-OH is 1. The van der Waals surface area contributed by atoms with Gasteiger partial charge in [-0.1, -0.05) is 19.4 Å². The average molecular weight is 255 g/mol. The Morgan fingerprint density at radius 2 is 2.29 bits per heavy atom. The first-order valence-electron chi connectivity index (χ1n) is 5.96. The molecule has 1 aromatic rings. The van der Waals surface area contributed by atoms with Gasteiger partial charge in [-0.15, -0.1) is 11.8 Å². The molecule has 0 amide bonds. The van der Waals surface area contributed by atoms with E-state index in [2.05, 4.69) is 6.92 Å². The maximum atomic E-state index is 9.70. The Kier molecular flexibility index (Phi) is 7.08. The van der Waals surface area contributed by atoms with Gasteiger partial charge in [-0.25, -0.2) is 0 Å². The van der Waals surface area contributed by atoms with Gasteiger partial charge in [0.05, 0.1) is 12.7 Å². The van der Waals surface area contributed by atoms with Gasteiger partial charge in [0.2, 0.25) is 0 Å². The predicted molar refractivity (Wildman–Crippen MR) is 73.3 cm³/mol. The van der Waals surface area contributed by atoms with E-state index in [9.17, 15) is 5.11 Å². The van der Waals surface area contributed by atoms with Crippen molar-refractivity contribution in [3.05, 3.63) is 24.3 Å². The summed E-state index contributed by atoms with van der Waals surface area (Å²) >= 11 is 1.60. The maximum Gasteiger partial charge on any atom is 0.0867 e. The van der Waals surface area contributed by atoms with E-state index in [1.54, 1.807) is 11.8 Å². The molecule has 17 heavy (non-hydrogen) atoms. The van der Waals surface area contributed by atoms with Crippen molar-refractivity contribution < 1.29 is 9.84 Å². The van der Waals surface area contributed by atoms with Crippen molar-refractivity contribution in [2.75, 3.05) is 24.7 Å². The summed E-state index contributed by atoms with van der Waals surface area (Å²) in [4.78, 5) is 1.08. The second-order valence-electron chi connectivity index (χ2n) is 3.97. The van der Waals surface area contributed by atoms with Crippen LogP contribution in [0.4, 0.5) is 5.69 Å². The van der Waals surface area contributed by atoms with Crippen molar-refractivity contribution >= 4 is 17.4 Å². The van der Waals surface area contributed by atoms with Gasteiger partial charge >= 0.3 is 0 Å². The van der Waals surface area contributed by atoms with Gasteiger partial charge in [-0.05, 0) is 24.6 Å². The standard InChI is InChI=1S/C13H21NO2S/c1-2-3-7-16-9-12(15)10-17-13-6-4-5-11(14)8-13/h4-6,8,12,15H,2-3,7,9-10,14H2,1H3. The predicted octanol–water partition coefficient (Wildman–Crippen LogP) is 2.54. The molecule has 1 rings (SSSR count). The van der Waals surface area contributed by atoms with Gasteiger partial charge in [0.1, 0.15) is 0 Å². The third-order valence-corrected chi connectivity index (χ3v) is 3.39. The molecule has 0 aromatic heterocycles. The first-order valence-corrected chi connectivity index (χ1v) is 6.95. The summed E-state index contributed by atoms with van der Waals surface area (Å²) in [6.45, 7) is 3.27. The molecule has 3 nitrogen and oxygen atoms in total. The zero-order chi connectivity index (χ0) is 12.5. The van der Waals surface area contributed by atoms with E-state index in [0.717, 1.165) is 30.0 Å². The van der Waals surface area contributed by atoms with Crippen LogP contribution < -0.4 is 5.73 Å². The second kappa shape index (κ2) is 8.39. The van der Waals surface area contributed by atoms with Crippen molar-refractivity contribution in [3.8, 4) is 0 Å². The van der Waals surface area contributed by atoms with Crippen LogP contribution in [0.2, 0.25) is 0 Å². The highest BCUT2D eigenvalue weighted by atomic mass is 32.2. The summed E-state index contributed by atoms with van der Waals surface area (Å²) in [7, 11) is 0. The lowest BCUT2D eigenvalue weighted by Crippen LogP contribution is -2.18. The Morgan fingerprint density at radius 1 is 1.47 bits per heavy atom. The van der Waals surface area contributed by atoms with Gasteiger partial charge in [0.25, 0.3) is 0 Å². The SMILES string of the molecule is CCCCOCC(O)CSc1cccc(N)c1. The zero-order valence-electron chi connectivity index (χ0n) is 10.3. The Balaban J connectivity index is 2.17. The number of hydrogen-bond donors (Lipinski definition) is 2. The molecular formula is C13H21NO2S. The number of nitrogens with two attached hydrogens (primary N) is 1. The van der Waals surface area contributed by atoms with Crippen molar-refractivity contribution in [1.29, 1.82) is 0 Å². The molecule has 1 atom stereocenters. The van der Waals surface area contributed by atoms with Crippen molar-refractivity contribution in [2.45, 2.75) is 30.8 Å². The highest BCUT2D eigenvalue weighted by molar-refractivity contribution is 7.99. The summed E-state index contributed by atoms with van der Waals surface area (Å²) in [5.41, 5.74) is 6.43. The summed E-state index contributed by atoms with van der Waals surface area (Å²) in [5, 5.41) is 9.70. The van der Waals surface area contributed by atoms with E-state index in [-0.39, 0.29) is 0 Å². The molecular weight excluding hydrogens is 234 g/mol. The number of nitrogen functional groups attached to an aromatic ring is 1. The number of aliphatic hydroxyl groups is 1. The largest absolute Gasteiger partial charge is 0.399 e. The smallest absolute Gasteiger partial charge is 0.0867 e. The molecule has 3 N–H and O–H groups in total. The number of ether oxygens (including phenoxy) is 1. The topological polar surface area (TPSA) is 55.5 Å². The lowest BCUT2D eigenvalue weighted by Gasteiger charge is -2.10. The van der Waals surface area contributed by atoms with Crippen LogP contribution in [-0.4, -0.2) is 30.2 Å². The van der Waals surface area contributed by atoms with Crippen LogP contribution in [0.1, 0.15) is 19.8 Å². The number of hydrogen-bond acceptors (Lipinski definition) is 4. The fourth-order valence-corrected chi connectivity index (χ4v) is 2.19. The lowest BCUT2D eigenvalue weighted by atomic mass is 10.3. The van der Waals surface area contributed by atoms with E-state index in [1.807, 2.05) is 24.3 Å². The molecule has 0 aliphatic carbocycles. The molecule has 0 radical (unpaired) electrons. The molecule has 96 valence electrons. The minimum Gasteiger partial charge on any atom is -0.399 e. The zero-order valence-corrected chi connectivity index (χ0v) is 11.1. The van der Waals surface area contributed by atoms with Crippen LogP contribution in [0.5, 0.6) is 0 Å². The molecule has 0 saturated heterocycles. The van der Waals surface area contributed by atoms with E-state index in [0.29, 0.717) is 12.4 Å². The van der Waals surface area contributed by atoms with Crippen LogP contribution >= 0.6 is 11.8 Å². The highest BCUT2D eigenvalue weighted by Gasteiger charge is 2.05. The number of thioether (sulfide) groups is 1. The summed E-state index contributed by atoms with van der Waals surface area (Å²) in [6, 6.07) is 7.68.